The van der Waals surface area contributed by atoms with Crippen molar-refractivity contribution in [2.24, 2.45) is 11.0 Å². The zero-order chi connectivity index (χ0) is 14.4. The highest BCUT2D eigenvalue weighted by molar-refractivity contribution is 5.97. The number of carbonyl (C=O) groups excluding carboxylic acids is 1. The maximum atomic E-state index is 11.8. The summed E-state index contributed by atoms with van der Waals surface area (Å²) in [7, 11) is 0. The Hall–Kier alpha value is -2.42. The molecule has 0 atom stereocenters. The molecule has 102 valence electrons. The lowest BCUT2D eigenvalue weighted by atomic mass is 10.0. The molecule has 2 rings (SSSR count). The standard InChI is InChI=1S/C17H18N2O/c1-13(2)17(20)15-8-10-16(11-9-15)19-18-12-14-6-4-3-5-7-14/h3-13,19H,1-2H3. The van der Waals surface area contributed by atoms with E-state index in [0.29, 0.717) is 0 Å². The molecule has 0 aliphatic rings. The number of ketones is 1. The average Bonchev–Trinajstić information content (AvgIpc) is 2.48. The second-order valence-corrected chi connectivity index (χ2v) is 4.88. The van der Waals surface area contributed by atoms with Gasteiger partial charge in [0.2, 0.25) is 0 Å². The van der Waals surface area contributed by atoms with Gasteiger partial charge in [0.1, 0.15) is 0 Å². The summed E-state index contributed by atoms with van der Waals surface area (Å²) >= 11 is 0. The quantitative estimate of drug-likeness (QED) is 0.505. The molecule has 1 N–H and O–H groups in total. The van der Waals surface area contributed by atoms with Gasteiger partial charge in [-0.2, -0.15) is 5.10 Å². The molecule has 0 bridgehead atoms. The summed E-state index contributed by atoms with van der Waals surface area (Å²) in [6.07, 6.45) is 1.76. The normalized spacial score (nSPS) is 10.9. The summed E-state index contributed by atoms with van der Waals surface area (Å²) in [5.74, 6) is 0.175. The first-order chi connectivity index (χ1) is 9.66. The van der Waals surface area contributed by atoms with E-state index in [-0.39, 0.29) is 11.7 Å². The Morgan fingerprint density at radius 2 is 1.70 bits per heavy atom. The molecule has 0 unspecified atom stereocenters. The van der Waals surface area contributed by atoms with Crippen molar-refractivity contribution in [3.63, 3.8) is 0 Å². The van der Waals surface area contributed by atoms with Gasteiger partial charge >= 0.3 is 0 Å². The molecule has 0 saturated carbocycles. The molecule has 2 aromatic carbocycles. The topological polar surface area (TPSA) is 41.5 Å². The van der Waals surface area contributed by atoms with Gasteiger partial charge in [-0.3, -0.25) is 10.2 Å². The van der Waals surface area contributed by atoms with Crippen molar-refractivity contribution in [3.05, 3.63) is 65.7 Å². The first-order valence-corrected chi connectivity index (χ1v) is 6.65. The zero-order valence-electron chi connectivity index (χ0n) is 11.7. The third-order valence-corrected chi connectivity index (χ3v) is 2.90. The lowest BCUT2D eigenvalue weighted by Crippen LogP contribution is -2.07. The maximum absolute atomic E-state index is 11.8. The number of benzene rings is 2. The Labute approximate surface area is 119 Å². The molecular weight excluding hydrogens is 248 g/mol. The summed E-state index contributed by atoms with van der Waals surface area (Å²) in [5.41, 5.74) is 5.57. The Bertz CT molecular complexity index is 586. The van der Waals surface area contributed by atoms with Crippen LogP contribution in [0.3, 0.4) is 0 Å². The number of hydrazone groups is 1. The minimum absolute atomic E-state index is 0.0184. The molecule has 20 heavy (non-hydrogen) atoms. The number of carbonyl (C=O) groups is 1. The van der Waals surface area contributed by atoms with Crippen molar-refractivity contribution in [1.29, 1.82) is 0 Å². The smallest absolute Gasteiger partial charge is 0.165 e. The van der Waals surface area contributed by atoms with Crippen LogP contribution < -0.4 is 5.43 Å². The van der Waals surface area contributed by atoms with Crippen LogP contribution in [0, 0.1) is 5.92 Å². The van der Waals surface area contributed by atoms with Crippen LogP contribution in [-0.4, -0.2) is 12.0 Å². The third-order valence-electron chi connectivity index (χ3n) is 2.90. The van der Waals surface area contributed by atoms with Crippen LogP contribution >= 0.6 is 0 Å². The van der Waals surface area contributed by atoms with E-state index < -0.39 is 0 Å². The lowest BCUT2D eigenvalue weighted by Gasteiger charge is -2.05. The average molecular weight is 266 g/mol. The van der Waals surface area contributed by atoms with Crippen molar-refractivity contribution in [2.45, 2.75) is 13.8 Å². The second kappa shape index (κ2) is 6.66. The first kappa shape index (κ1) is 14.0. The van der Waals surface area contributed by atoms with E-state index in [4.69, 9.17) is 0 Å². The minimum Gasteiger partial charge on any atom is -0.294 e. The molecule has 0 aliphatic heterocycles. The molecule has 3 nitrogen and oxygen atoms in total. The van der Waals surface area contributed by atoms with Crippen molar-refractivity contribution in [1.82, 2.24) is 0 Å². The SMILES string of the molecule is CC(C)C(=O)c1ccc(NN=Cc2ccccc2)cc1. The highest BCUT2D eigenvalue weighted by Gasteiger charge is 2.09. The number of rotatable bonds is 5. The second-order valence-electron chi connectivity index (χ2n) is 4.88. The molecule has 0 spiro atoms. The van der Waals surface area contributed by atoms with Gasteiger partial charge in [0.25, 0.3) is 0 Å². The number of anilines is 1. The number of hydrogen-bond donors (Lipinski definition) is 1. The molecule has 0 saturated heterocycles. The maximum Gasteiger partial charge on any atom is 0.165 e. The molecule has 0 amide bonds. The van der Waals surface area contributed by atoms with Gasteiger partial charge in [-0.15, -0.1) is 0 Å². The molecule has 0 aliphatic carbocycles. The van der Waals surface area contributed by atoms with E-state index in [1.807, 2.05) is 68.4 Å². The number of Topliss-reactive ketones (excluding diaryl/α,β-unsaturated/α-hetero) is 1. The van der Waals surface area contributed by atoms with E-state index in [0.717, 1.165) is 16.8 Å². The molecule has 0 fully saturated rings. The summed E-state index contributed by atoms with van der Waals surface area (Å²) < 4.78 is 0. The molecule has 0 radical (unpaired) electrons. The fraction of sp³-hybridized carbons (Fsp3) is 0.176. The highest BCUT2D eigenvalue weighted by Crippen LogP contribution is 2.13. The Morgan fingerprint density at radius 1 is 1.05 bits per heavy atom. The molecule has 0 aromatic heterocycles. The molecule has 3 heteroatoms. The van der Waals surface area contributed by atoms with Gasteiger partial charge < -0.3 is 0 Å². The van der Waals surface area contributed by atoms with Gasteiger partial charge in [-0.25, -0.2) is 0 Å². The van der Waals surface area contributed by atoms with Crippen LogP contribution in [0.4, 0.5) is 5.69 Å². The Kier molecular flexibility index (Phi) is 4.66. The van der Waals surface area contributed by atoms with Crippen LogP contribution in [0.2, 0.25) is 0 Å². The number of nitrogens with zero attached hydrogens (tertiary/aromatic N) is 1. The predicted molar refractivity (Wildman–Crippen MR) is 83.3 cm³/mol. The van der Waals surface area contributed by atoms with Gasteiger partial charge in [0.15, 0.2) is 5.78 Å². The largest absolute Gasteiger partial charge is 0.294 e. The zero-order valence-corrected chi connectivity index (χ0v) is 11.7. The van der Waals surface area contributed by atoms with Gasteiger partial charge in [-0.05, 0) is 29.8 Å². The number of hydrogen-bond acceptors (Lipinski definition) is 3. The van der Waals surface area contributed by atoms with Crippen LogP contribution in [0.15, 0.2) is 59.7 Å². The first-order valence-electron chi connectivity index (χ1n) is 6.65. The van der Waals surface area contributed by atoms with E-state index in [1.54, 1.807) is 6.21 Å². The fourth-order valence-corrected chi connectivity index (χ4v) is 1.76. The van der Waals surface area contributed by atoms with Gasteiger partial charge in [0.05, 0.1) is 11.9 Å². The van der Waals surface area contributed by atoms with Gasteiger partial charge in [-0.1, -0.05) is 44.2 Å². The summed E-state index contributed by atoms with van der Waals surface area (Å²) in [6.45, 7) is 3.80. The summed E-state index contributed by atoms with van der Waals surface area (Å²) in [4.78, 5) is 11.8. The predicted octanol–water partition coefficient (Wildman–Crippen LogP) is 3.97. The number of nitrogens with one attached hydrogen (secondary N) is 1. The lowest BCUT2D eigenvalue weighted by molar-refractivity contribution is 0.0939. The van der Waals surface area contributed by atoms with Crippen molar-refractivity contribution < 1.29 is 4.79 Å². The van der Waals surface area contributed by atoms with Crippen LogP contribution in [-0.2, 0) is 0 Å². The molecule has 0 heterocycles. The van der Waals surface area contributed by atoms with Crippen molar-refractivity contribution in [2.75, 3.05) is 5.43 Å². The van der Waals surface area contributed by atoms with Crippen molar-refractivity contribution in [3.8, 4) is 0 Å². The Morgan fingerprint density at radius 3 is 2.30 bits per heavy atom. The van der Waals surface area contributed by atoms with E-state index in [9.17, 15) is 4.79 Å². The minimum atomic E-state index is 0.0184. The monoisotopic (exact) mass is 266 g/mol. The van der Waals surface area contributed by atoms with E-state index in [2.05, 4.69) is 10.5 Å². The van der Waals surface area contributed by atoms with Gasteiger partial charge in [0, 0.05) is 11.5 Å². The highest BCUT2D eigenvalue weighted by atomic mass is 16.1. The van der Waals surface area contributed by atoms with Crippen LogP contribution in [0.25, 0.3) is 0 Å². The fourth-order valence-electron chi connectivity index (χ4n) is 1.76. The molecule has 2 aromatic rings. The Balaban J connectivity index is 1.98. The van der Waals surface area contributed by atoms with Crippen LogP contribution in [0.5, 0.6) is 0 Å². The van der Waals surface area contributed by atoms with E-state index in [1.165, 1.54) is 0 Å². The third kappa shape index (κ3) is 3.79. The molecular formula is C17H18N2O. The van der Waals surface area contributed by atoms with E-state index >= 15 is 0 Å². The van der Waals surface area contributed by atoms with Crippen molar-refractivity contribution >= 4 is 17.7 Å². The van der Waals surface area contributed by atoms with Crippen LogP contribution in [0.1, 0.15) is 29.8 Å². The summed E-state index contributed by atoms with van der Waals surface area (Å²) in [5, 5.41) is 4.16. The summed E-state index contributed by atoms with van der Waals surface area (Å²) in [6, 6.07) is 17.2.